The van der Waals surface area contributed by atoms with E-state index in [-0.39, 0.29) is 46.2 Å². The molecule has 3 fully saturated rings. The molecule has 2 aliphatic carbocycles. The third kappa shape index (κ3) is 7.70. The number of benzene rings is 1. The number of carboxylic acid groups (broad SMARTS) is 1. The van der Waals surface area contributed by atoms with E-state index in [9.17, 15) is 35.9 Å². The highest BCUT2D eigenvalue weighted by Gasteiger charge is 2.43. The van der Waals surface area contributed by atoms with Gasteiger partial charge >= 0.3 is 12.1 Å². The lowest BCUT2D eigenvalue weighted by Gasteiger charge is -2.35. The molecule has 6 nitrogen and oxygen atoms in total. The van der Waals surface area contributed by atoms with E-state index in [1.165, 1.54) is 6.07 Å². The summed E-state index contributed by atoms with van der Waals surface area (Å²) >= 11 is 0. The fourth-order valence-corrected chi connectivity index (χ4v) is 8.34. The summed E-state index contributed by atoms with van der Waals surface area (Å²) in [5.74, 6) is -0.511. The minimum absolute atomic E-state index is 0.0583. The Morgan fingerprint density at radius 2 is 1.79 bits per heavy atom. The molecule has 230 valence electrons. The average Bonchev–Trinajstić information content (AvgIpc) is 3.68. The number of hydrogen-bond donors (Lipinski definition) is 1. The molecule has 0 spiro atoms. The van der Waals surface area contributed by atoms with Crippen LogP contribution >= 0.6 is 0 Å². The zero-order valence-corrected chi connectivity index (χ0v) is 24.3. The van der Waals surface area contributed by atoms with Gasteiger partial charge in [0, 0.05) is 12.7 Å². The first-order chi connectivity index (χ1) is 19.9. The second-order valence-corrected chi connectivity index (χ2v) is 14.6. The lowest BCUT2D eigenvalue weighted by atomic mass is 9.85. The first-order valence-corrected chi connectivity index (χ1v) is 16.5. The highest BCUT2D eigenvalue weighted by Crippen LogP contribution is 2.49. The van der Waals surface area contributed by atoms with Crippen molar-refractivity contribution in [3.63, 3.8) is 0 Å². The molecule has 0 radical (unpaired) electrons. The number of likely N-dealkylation sites (tertiary alicyclic amines) is 1. The van der Waals surface area contributed by atoms with E-state index in [1.807, 2.05) is 6.07 Å². The number of alkyl halides is 3. The fourth-order valence-electron chi connectivity index (χ4n) is 7.00. The van der Waals surface area contributed by atoms with E-state index in [2.05, 4.69) is 9.88 Å². The third-order valence-electron chi connectivity index (χ3n) is 9.56. The number of nitrogens with zero attached hydrogens (tertiary/aromatic N) is 2. The van der Waals surface area contributed by atoms with Crippen molar-refractivity contribution in [2.45, 2.75) is 68.5 Å². The second-order valence-electron chi connectivity index (χ2n) is 12.5. The predicted molar refractivity (Wildman–Crippen MR) is 149 cm³/mol. The number of rotatable bonds is 11. The van der Waals surface area contributed by atoms with Crippen LogP contribution in [0.5, 0.6) is 0 Å². The van der Waals surface area contributed by atoms with Crippen LogP contribution in [0.3, 0.4) is 0 Å². The average molecular weight is 611 g/mol. The Morgan fingerprint density at radius 3 is 2.38 bits per heavy atom. The SMILES string of the molecule is O=C(O)C(CC1CC1)C1C[C@H](CN2CCC(CCS(=O)(=O)c3ccc(C(F)(F)F)cn3)CC2)[C@@H](c2cccc(F)c2)C1. The molecule has 2 heterocycles. The Bertz CT molecular complexity index is 1340. The number of halogens is 4. The molecule has 1 aromatic heterocycles. The van der Waals surface area contributed by atoms with Crippen LogP contribution < -0.4 is 0 Å². The zero-order valence-electron chi connectivity index (χ0n) is 23.5. The van der Waals surface area contributed by atoms with Crippen LogP contribution in [0.2, 0.25) is 0 Å². The number of carboxylic acids is 1. The van der Waals surface area contributed by atoms with Crippen molar-refractivity contribution in [2.24, 2.45) is 29.6 Å². The molecule has 11 heteroatoms. The number of aliphatic carboxylic acids is 1. The van der Waals surface area contributed by atoms with Gasteiger partial charge in [0.2, 0.25) is 0 Å². The molecule has 1 aromatic carbocycles. The Hall–Kier alpha value is -2.53. The molecule has 1 N–H and O–H groups in total. The van der Waals surface area contributed by atoms with Crippen molar-refractivity contribution < 1.29 is 35.9 Å². The van der Waals surface area contributed by atoms with Gasteiger partial charge in [-0.1, -0.05) is 25.0 Å². The quantitative estimate of drug-likeness (QED) is 0.295. The van der Waals surface area contributed by atoms with Crippen LogP contribution in [-0.2, 0) is 20.8 Å². The summed E-state index contributed by atoms with van der Waals surface area (Å²) in [5.41, 5.74) is -0.0570. The Labute approximate surface area is 244 Å². The van der Waals surface area contributed by atoms with Crippen LogP contribution in [-0.4, -0.2) is 54.8 Å². The van der Waals surface area contributed by atoms with E-state index in [4.69, 9.17) is 0 Å². The number of aromatic nitrogens is 1. The first kappa shape index (κ1) is 30.9. The van der Waals surface area contributed by atoms with E-state index < -0.39 is 27.5 Å². The van der Waals surface area contributed by atoms with Crippen molar-refractivity contribution >= 4 is 15.8 Å². The van der Waals surface area contributed by atoms with Gasteiger partial charge in [-0.05, 0) is 111 Å². The van der Waals surface area contributed by atoms with Gasteiger partial charge in [0.25, 0.3) is 0 Å². The van der Waals surface area contributed by atoms with Crippen LogP contribution in [0.4, 0.5) is 17.6 Å². The van der Waals surface area contributed by atoms with Crippen molar-refractivity contribution in [2.75, 3.05) is 25.4 Å². The predicted octanol–water partition coefficient (Wildman–Crippen LogP) is 6.43. The third-order valence-corrected chi connectivity index (χ3v) is 11.2. The number of sulfone groups is 1. The smallest absolute Gasteiger partial charge is 0.417 e. The summed E-state index contributed by atoms with van der Waals surface area (Å²) in [7, 11) is -3.79. The Morgan fingerprint density at radius 1 is 1.05 bits per heavy atom. The summed E-state index contributed by atoms with van der Waals surface area (Å²) in [5, 5.41) is 9.67. The summed E-state index contributed by atoms with van der Waals surface area (Å²) in [6.07, 6.45) is 2.46. The Balaban J connectivity index is 1.17. The molecule has 4 atom stereocenters. The lowest BCUT2D eigenvalue weighted by molar-refractivity contribution is -0.144. The largest absolute Gasteiger partial charge is 0.481 e. The highest BCUT2D eigenvalue weighted by molar-refractivity contribution is 7.91. The van der Waals surface area contributed by atoms with Crippen LogP contribution in [0.1, 0.15) is 68.4 Å². The Kier molecular flexibility index (Phi) is 9.27. The molecular weight excluding hydrogens is 572 g/mol. The standard InChI is InChI=1S/C31H38F4N2O4S/c32-26-3-1-2-22(16-26)27-17-23(28(30(38)39)14-21-4-5-21)15-24(27)19-37-11-8-20(9-12-37)10-13-42(40,41)29-7-6-25(18-36-29)31(33,34)35/h1-3,6-7,16,18,20-21,23-24,27-28H,4-5,8-15,17,19H2,(H,38,39)/t23?,24-,27-,28?/m1/s1. The molecule has 3 aliphatic rings. The minimum atomic E-state index is -4.57. The number of pyridine rings is 1. The van der Waals surface area contributed by atoms with Gasteiger partial charge in [0.05, 0.1) is 17.2 Å². The fraction of sp³-hybridized carbons (Fsp3) is 0.613. The van der Waals surface area contributed by atoms with E-state index in [0.717, 1.165) is 82.3 Å². The van der Waals surface area contributed by atoms with Gasteiger partial charge < -0.3 is 10.0 Å². The van der Waals surface area contributed by atoms with E-state index in [0.29, 0.717) is 18.5 Å². The van der Waals surface area contributed by atoms with Gasteiger partial charge in [0.15, 0.2) is 14.9 Å². The second kappa shape index (κ2) is 12.6. The molecule has 0 bridgehead atoms. The van der Waals surface area contributed by atoms with Gasteiger partial charge in [-0.15, -0.1) is 0 Å². The van der Waals surface area contributed by atoms with E-state index in [1.54, 1.807) is 12.1 Å². The van der Waals surface area contributed by atoms with Crippen molar-refractivity contribution in [3.05, 3.63) is 59.5 Å². The van der Waals surface area contributed by atoms with E-state index >= 15 is 0 Å². The maximum absolute atomic E-state index is 14.1. The summed E-state index contributed by atoms with van der Waals surface area (Å²) in [4.78, 5) is 18.1. The van der Waals surface area contributed by atoms with Crippen LogP contribution in [0, 0.1) is 35.4 Å². The monoisotopic (exact) mass is 610 g/mol. The summed E-state index contributed by atoms with van der Waals surface area (Å²) in [6.45, 7) is 2.35. The maximum atomic E-state index is 14.1. The van der Waals surface area contributed by atoms with Crippen molar-refractivity contribution in [1.82, 2.24) is 9.88 Å². The van der Waals surface area contributed by atoms with Crippen molar-refractivity contribution in [1.29, 1.82) is 0 Å². The molecule has 1 aliphatic heterocycles. The van der Waals surface area contributed by atoms with Gasteiger partial charge in [0.1, 0.15) is 5.82 Å². The van der Waals surface area contributed by atoms with Crippen LogP contribution in [0.15, 0.2) is 47.6 Å². The molecule has 2 saturated carbocycles. The van der Waals surface area contributed by atoms with Crippen molar-refractivity contribution in [3.8, 4) is 0 Å². The minimum Gasteiger partial charge on any atom is -0.481 e. The van der Waals surface area contributed by atoms with Gasteiger partial charge in [-0.2, -0.15) is 13.2 Å². The molecule has 5 rings (SSSR count). The summed E-state index contributed by atoms with van der Waals surface area (Å²) < 4.78 is 77.9. The number of hydrogen-bond acceptors (Lipinski definition) is 5. The summed E-state index contributed by atoms with van der Waals surface area (Å²) in [6, 6.07) is 8.33. The first-order valence-electron chi connectivity index (χ1n) is 14.9. The number of carbonyl (C=O) groups is 1. The zero-order chi connectivity index (χ0) is 30.1. The maximum Gasteiger partial charge on any atom is 0.417 e. The molecule has 2 unspecified atom stereocenters. The lowest BCUT2D eigenvalue weighted by Crippen LogP contribution is -2.38. The molecule has 2 aromatic rings. The molecular formula is C31H38F4N2O4S. The van der Waals surface area contributed by atoms with Crippen LogP contribution in [0.25, 0.3) is 0 Å². The van der Waals surface area contributed by atoms with Gasteiger partial charge in [-0.25, -0.2) is 17.8 Å². The molecule has 0 amide bonds. The molecule has 42 heavy (non-hydrogen) atoms. The van der Waals surface area contributed by atoms with Gasteiger partial charge in [-0.3, -0.25) is 4.79 Å². The topological polar surface area (TPSA) is 87.6 Å². The highest BCUT2D eigenvalue weighted by atomic mass is 32.2. The molecule has 1 saturated heterocycles. The number of piperidine rings is 1. The normalized spacial score (nSPS) is 25.0.